The summed E-state index contributed by atoms with van der Waals surface area (Å²) in [4.78, 5) is 7.58. The molecule has 0 unspecified atom stereocenters. The molecule has 5 nitrogen and oxygen atoms in total. The van der Waals surface area contributed by atoms with Crippen molar-refractivity contribution in [2.24, 2.45) is 0 Å². The van der Waals surface area contributed by atoms with Crippen molar-refractivity contribution in [2.75, 3.05) is 5.32 Å². The number of H-pyrrole nitrogens is 2. The fourth-order valence-electron chi connectivity index (χ4n) is 4.09. The molecule has 0 aliphatic heterocycles. The van der Waals surface area contributed by atoms with Gasteiger partial charge < -0.3 is 10.3 Å². The molecular weight excluding hydrogens is 394 g/mol. The zero-order valence-corrected chi connectivity index (χ0v) is 18.7. The molecule has 0 spiro atoms. The zero-order chi connectivity index (χ0) is 22.3. The van der Waals surface area contributed by atoms with Gasteiger partial charge in [-0.25, -0.2) is 4.98 Å². The first-order valence-electron chi connectivity index (χ1n) is 10.8. The summed E-state index contributed by atoms with van der Waals surface area (Å²) < 4.78 is 0. The first-order chi connectivity index (χ1) is 15.4. The largest absolute Gasteiger partial charge is 0.346 e. The summed E-state index contributed by atoms with van der Waals surface area (Å²) >= 11 is 0. The molecule has 0 saturated heterocycles. The smallest absolute Gasteiger partial charge is 0.152 e. The predicted molar refractivity (Wildman–Crippen MR) is 133 cm³/mol. The molecule has 0 bridgehead atoms. The molecule has 3 heterocycles. The first-order valence-corrected chi connectivity index (χ1v) is 10.8. The normalized spacial score (nSPS) is 11.8. The number of nitrogens with one attached hydrogen (secondary N) is 3. The third-order valence-electron chi connectivity index (χ3n) is 5.88. The van der Waals surface area contributed by atoms with Gasteiger partial charge in [-0.1, -0.05) is 63.7 Å². The lowest BCUT2D eigenvalue weighted by Gasteiger charge is -2.14. The Hall–Kier alpha value is -3.86. The molecular formula is C27H27N5. The van der Waals surface area contributed by atoms with Crippen molar-refractivity contribution < 1.29 is 0 Å². The maximum Gasteiger partial charge on any atom is 0.152 e. The van der Waals surface area contributed by atoms with E-state index in [1.54, 1.807) is 0 Å². The molecule has 0 atom stereocenters. The standard InChI is InChI=1S/C27H27N5/c1-17(30-25-16-24(31-32-25)27(2,3)4)21-7-5-6-19-14-18(8-9-22(19)21)15-20-10-12-28-26-23(20)11-13-29-26/h5-14,16H,1,15H2,2-4H3,(H,28,29)(H2,30,31,32). The van der Waals surface area contributed by atoms with Crippen LogP contribution >= 0.6 is 0 Å². The van der Waals surface area contributed by atoms with Gasteiger partial charge in [0, 0.05) is 46.2 Å². The van der Waals surface area contributed by atoms with Gasteiger partial charge in [-0.15, -0.1) is 0 Å². The molecule has 5 aromatic rings. The molecule has 0 amide bonds. The Balaban J connectivity index is 1.42. The van der Waals surface area contributed by atoms with Crippen LogP contribution in [0.3, 0.4) is 0 Å². The van der Waals surface area contributed by atoms with E-state index < -0.39 is 0 Å². The number of benzene rings is 2. The van der Waals surface area contributed by atoms with Crippen molar-refractivity contribution >= 4 is 33.3 Å². The van der Waals surface area contributed by atoms with Gasteiger partial charge in [-0.3, -0.25) is 5.10 Å². The van der Waals surface area contributed by atoms with Crippen LogP contribution in [-0.2, 0) is 11.8 Å². The molecule has 5 heteroatoms. The summed E-state index contributed by atoms with van der Waals surface area (Å²) in [7, 11) is 0. The van der Waals surface area contributed by atoms with Gasteiger partial charge in [0.25, 0.3) is 0 Å². The van der Waals surface area contributed by atoms with Crippen LogP contribution in [0.4, 0.5) is 5.82 Å². The zero-order valence-electron chi connectivity index (χ0n) is 18.7. The number of aromatic nitrogens is 4. The average Bonchev–Trinajstić information content (AvgIpc) is 3.43. The topological polar surface area (TPSA) is 69.4 Å². The van der Waals surface area contributed by atoms with Crippen molar-refractivity contribution in [3.05, 3.63) is 96.0 Å². The Morgan fingerprint density at radius 2 is 1.91 bits per heavy atom. The van der Waals surface area contributed by atoms with Crippen LogP contribution in [0.5, 0.6) is 0 Å². The predicted octanol–water partition coefficient (Wildman–Crippen LogP) is 6.41. The van der Waals surface area contributed by atoms with E-state index in [4.69, 9.17) is 0 Å². The van der Waals surface area contributed by atoms with Gasteiger partial charge in [-0.05, 0) is 40.5 Å². The lowest BCUT2D eigenvalue weighted by molar-refractivity contribution is 0.567. The van der Waals surface area contributed by atoms with Crippen LogP contribution in [0.25, 0.3) is 27.5 Å². The highest BCUT2D eigenvalue weighted by atomic mass is 15.2. The Labute approximate surface area is 187 Å². The first kappa shape index (κ1) is 20.1. The monoisotopic (exact) mass is 421 g/mol. The molecule has 5 rings (SSSR count). The minimum Gasteiger partial charge on any atom is -0.346 e. The van der Waals surface area contributed by atoms with Gasteiger partial charge in [0.2, 0.25) is 0 Å². The molecule has 3 N–H and O–H groups in total. The van der Waals surface area contributed by atoms with Gasteiger partial charge in [0.15, 0.2) is 5.82 Å². The summed E-state index contributed by atoms with van der Waals surface area (Å²) in [5, 5.41) is 14.4. The van der Waals surface area contributed by atoms with E-state index in [1.807, 2.05) is 18.5 Å². The van der Waals surface area contributed by atoms with Crippen LogP contribution in [-0.4, -0.2) is 20.2 Å². The number of nitrogens with zero attached hydrogens (tertiary/aromatic N) is 2. The van der Waals surface area contributed by atoms with E-state index in [2.05, 4.69) is 101 Å². The molecule has 0 saturated carbocycles. The Morgan fingerprint density at radius 3 is 2.72 bits per heavy atom. The third kappa shape index (κ3) is 3.78. The van der Waals surface area contributed by atoms with Crippen molar-refractivity contribution in [3.8, 4) is 0 Å². The average molecular weight is 422 g/mol. The van der Waals surface area contributed by atoms with Crippen molar-refractivity contribution in [3.63, 3.8) is 0 Å². The fraction of sp³-hybridized carbons (Fsp3) is 0.185. The molecule has 160 valence electrons. The van der Waals surface area contributed by atoms with Gasteiger partial charge in [0.1, 0.15) is 5.65 Å². The summed E-state index contributed by atoms with van der Waals surface area (Å²) in [5.74, 6) is 0.779. The van der Waals surface area contributed by atoms with Crippen LogP contribution in [0.1, 0.15) is 43.2 Å². The second kappa shape index (κ2) is 7.68. The second-order valence-corrected chi connectivity index (χ2v) is 9.27. The summed E-state index contributed by atoms with van der Waals surface area (Å²) in [6.45, 7) is 10.8. The van der Waals surface area contributed by atoms with Gasteiger partial charge in [-0.2, -0.15) is 5.10 Å². The highest BCUT2D eigenvalue weighted by molar-refractivity contribution is 5.96. The number of anilines is 1. The van der Waals surface area contributed by atoms with Crippen molar-refractivity contribution in [2.45, 2.75) is 32.6 Å². The van der Waals surface area contributed by atoms with Crippen LogP contribution < -0.4 is 5.32 Å². The highest BCUT2D eigenvalue weighted by Gasteiger charge is 2.17. The number of rotatable bonds is 5. The second-order valence-electron chi connectivity index (χ2n) is 9.27. The minimum atomic E-state index is 0.0187. The lowest BCUT2D eigenvalue weighted by Crippen LogP contribution is -2.11. The Kier molecular flexibility index (Phi) is 4.82. The van der Waals surface area contributed by atoms with Crippen molar-refractivity contribution in [1.29, 1.82) is 0 Å². The Morgan fingerprint density at radius 1 is 1.03 bits per heavy atom. The quantitative estimate of drug-likeness (QED) is 0.307. The van der Waals surface area contributed by atoms with E-state index in [0.717, 1.165) is 34.8 Å². The highest BCUT2D eigenvalue weighted by Crippen LogP contribution is 2.29. The molecule has 3 aromatic heterocycles. The number of fused-ring (bicyclic) bond motifs is 2. The van der Waals surface area contributed by atoms with E-state index >= 15 is 0 Å². The third-order valence-corrected chi connectivity index (χ3v) is 5.88. The minimum absolute atomic E-state index is 0.0187. The molecule has 0 aliphatic rings. The van der Waals surface area contributed by atoms with E-state index in [9.17, 15) is 0 Å². The van der Waals surface area contributed by atoms with Crippen LogP contribution in [0.15, 0.2) is 73.6 Å². The summed E-state index contributed by atoms with van der Waals surface area (Å²) in [6, 6.07) is 19.2. The number of hydrogen-bond donors (Lipinski definition) is 3. The molecule has 0 fully saturated rings. The van der Waals surface area contributed by atoms with Crippen molar-refractivity contribution in [1.82, 2.24) is 20.2 Å². The summed E-state index contributed by atoms with van der Waals surface area (Å²) in [6.07, 6.45) is 4.67. The van der Waals surface area contributed by atoms with Gasteiger partial charge >= 0.3 is 0 Å². The SMILES string of the molecule is C=C(Nc1cc(C(C)(C)C)[nH]n1)c1cccc2cc(Cc3ccnc4[nH]ccc34)ccc12. The number of pyridine rings is 1. The van der Waals surface area contributed by atoms with E-state index in [-0.39, 0.29) is 5.41 Å². The maximum atomic E-state index is 4.40. The van der Waals surface area contributed by atoms with Gasteiger partial charge in [0.05, 0.1) is 0 Å². The Bertz CT molecular complexity index is 1430. The van der Waals surface area contributed by atoms with Crippen LogP contribution in [0, 0.1) is 0 Å². The number of aromatic amines is 2. The molecule has 2 aromatic carbocycles. The molecule has 32 heavy (non-hydrogen) atoms. The lowest BCUT2D eigenvalue weighted by atomic mass is 9.92. The van der Waals surface area contributed by atoms with E-state index in [1.165, 1.54) is 27.3 Å². The number of hydrogen-bond acceptors (Lipinski definition) is 3. The van der Waals surface area contributed by atoms with E-state index in [0.29, 0.717) is 0 Å². The molecule has 0 radical (unpaired) electrons. The molecule has 0 aliphatic carbocycles. The van der Waals surface area contributed by atoms with Crippen LogP contribution in [0.2, 0.25) is 0 Å². The maximum absolute atomic E-state index is 4.40. The summed E-state index contributed by atoms with van der Waals surface area (Å²) in [5.41, 5.74) is 6.48. The fourth-order valence-corrected chi connectivity index (χ4v) is 4.09.